The summed E-state index contributed by atoms with van der Waals surface area (Å²) < 4.78 is 0. The molecule has 0 aliphatic rings. The fourth-order valence-electron chi connectivity index (χ4n) is 1.96. The number of nitrogens with zero attached hydrogens (tertiary/aromatic N) is 3. The number of fused-ring (bicyclic) bond motifs is 1. The first-order valence-electron chi connectivity index (χ1n) is 6.43. The third kappa shape index (κ3) is 2.66. The van der Waals surface area contributed by atoms with Crippen LogP contribution in [-0.4, -0.2) is 26.1 Å². The molecule has 0 saturated carbocycles. The van der Waals surface area contributed by atoms with E-state index in [0.29, 0.717) is 23.6 Å². The first-order chi connectivity index (χ1) is 10.1. The van der Waals surface area contributed by atoms with Crippen molar-refractivity contribution in [2.24, 2.45) is 0 Å². The van der Waals surface area contributed by atoms with Crippen molar-refractivity contribution in [3.05, 3.63) is 47.5 Å². The van der Waals surface area contributed by atoms with Crippen LogP contribution in [0.1, 0.15) is 21.7 Å². The average molecular weight is 282 g/mol. The Labute approximate surface area is 120 Å². The molecule has 2 heterocycles. The number of hydrogen-bond donors (Lipinski definition) is 3. The van der Waals surface area contributed by atoms with E-state index in [0.717, 1.165) is 16.6 Å². The second-order valence-corrected chi connectivity index (χ2v) is 4.70. The van der Waals surface area contributed by atoms with Crippen LogP contribution in [0.2, 0.25) is 0 Å². The molecular formula is C14H14N6O. The Bertz CT molecular complexity index is 793. The fraction of sp³-hybridized carbons (Fsp3) is 0.143. The van der Waals surface area contributed by atoms with Crippen molar-refractivity contribution in [3.8, 4) is 0 Å². The zero-order valence-electron chi connectivity index (χ0n) is 11.4. The highest BCUT2D eigenvalue weighted by Crippen LogP contribution is 2.19. The Balaban J connectivity index is 1.74. The van der Waals surface area contributed by atoms with Crippen LogP contribution in [0.5, 0.6) is 0 Å². The van der Waals surface area contributed by atoms with Gasteiger partial charge in [-0.15, -0.1) is 0 Å². The van der Waals surface area contributed by atoms with Gasteiger partial charge in [-0.2, -0.15) is 5.10 Å². The summed E-state index contributed by atoms with van der Waals surface area (Å²) in [5, 5.41) is 10.2. The standard InChI is InChI=1S/C14H14N6O/c1-8-5-17-10(6-16-8)7-18-14(21)9-2-3-12-11(4-9)13(15)20-19-12/h2-6H,7H2,1H3,(H,18,21)(H3,15,19,20). The van der Waals surface area contributed by atoms with Crippen LogP contribution < -0.4 is 11.1 Å². The maximum absolute atomic E-state index is 12.1. The fourth-order valence-corrected chi connectivity index (χ4v) is 1.96. The number of carbonyl (C=O) groups excluding carboxylic acids is 1. The molecule has 0 saturated heterocycles. The molecule has 4 N–H and O–H groups in total. The molecule has 0 fully saturated rings. The average Bonchev–Trinajstić information content (AvgIpc) is 2.87. The number of aromatic amines is 1. The molecule has 3 rings (SSSR count). The minimum Gasteiger partial charge on any atom is -0.382 e. The Morgan fingerprint density at radius 3 is 2.95 bits per heavy atom. The highest BCUT2D eigenvalue weighted by Gasteiger charge is 2.09. The second-order valence-electron chi connectivity index (χ2n) is 4.70. The van der Waals surface area contributed by atoms with Gasteiger partial charge < -0.3 is 11.1 Å². The van der Waals surface area contributed by atoms with E-state index in [1.807, 2.05) is 6.92 Å². The lowest BCUT2D eigenvalue weighted by atomic mass is 10.1. The number of nitrogen functional groups attached to an aromatic ring is 1. The van der Waals surface area contributed by atoms with Gasteiger partial charge in [-0.1, -0.05) is 0 Å². The lowest BCUT2D eigenvalue weighted by Gasteiger charge is -2.05. The van der Waals surface area contributed by atoms with Crippen LogP contribution in [0.25, 0.3) is 10.9 Å². The number of aromatic nitrogens is 4. The number of benzene rings is 1. The topological polar surface area (TPSA) is 110 Å². The van der Waals surface area contributed by atoms with Crippen molar-refractivity contribution in [1.82, 2.24) is 25.5 Å². The van der Waals surface area contributed by atoms with E-state index < -0.39 is 0 Å². The van der Waals surface area contributed by atoms with E-state index in [-0.39, 0.29) is 5.91 Å². The molecule has 0 aliphatic carbocycles. The van der Waals surface area contributed by atoms with Crippen LogP contribution in [0, 0.1) is 6.92 Å². The van der Waals surface area contributed by atoms with E-state index in [4.69, 9.17) is 5.73 Å². The molecule has 2 aromatic heterocycles. The first kappa shape index (κ1) is 13.0. The minimum atomic E-state index is -0.195. The monoisotopic (exact) mass is 282 g/mol. The zero-order chi connectivity index (χ0) is 14.8. The van der Waals surface area contributed by atoms with Crippen molar-refractivity contribution < 1.29 is 4.79 Å². The van der Waals surface area contributed by atoms with Gasteiger partial charge in [0.1, 0.15) is 0 Å². The summed E-state index contributed by atoms with van der Waals surface area (Å²) in [6.45, 7) is 2.19. The maximum atomic E-state index is 12.1. The Morgan fingerprint density at radius 2 is 2.19 bits per heavy atom. The molecule has 0 aliphatic heterocycles. The third-order valence-electron chi connectivity index (χ3n) is 3.12. The number of nitrogens with two attached hydrogens (primary N) is 1. The predicted octanol–water partition coefficient (Wildman–Crippen LogP) is 1.17. The quantitative estimate of drug-likeness (QED) is 0.668. The lowest BCUT2D eigenvalue weighted by Crippen LogP contribution is -2.23. The Hall–Kier alpha value is -2.96. The molecule has 0 atom stereocenters. The normalized spacial score (nSPS) is 10.7. The number of amides is 1. The molecule has 21 heavy (non-hydrogen) atoms. The molecule has 0 bridgehead atoms. The van der Waals surface area contributed by atoms with Gasteiger partial charge in [-0.25, -0.2) is 0 Å². The highest BCUT2D eigenvalue weighted by molar-refractivity contribution is 6.00. The van der Waals surface area contributed by atoms with Crippen molar-refractivity contribution in [1.29, 1.82) is 0 Å². The predicted molar refractivity (Wildman–Crippen MR) is 78.4 cm³/mol. The lowest BCUT2D eigenvalue weighted by molar-refractivity contribution is 0.0950. The van der Waals surface area contributed by atoms with Crippen LogP contribution in [0.4, 0.5) is 5.82 Å². The Kier molecular flexibility index (Phi) is 3.23. The number of rotatable bonds is 3. The van der Waals surface area contributed by atoms with Gasteiger partial charge in [0.2, 0.25) is 0 Å². The summed E-state index contributed by atoms with van der Waals surface area (Å²) in [5.74, 6) is 0.184. The molecule has 3 aromatic rings. The smallest absolute Gasteiger partial charge is 0.251 e. The molecule has 7 nitrogen and oxygen atoms in total. The largest absolute Gasteiger partial charge is 0.382 e. The molecule has 7 heteroatoms. The highest BCUT2D eigenvalue weighted by atomic mass is 16.1. The van der Waals surface area contributed by atoms with E-state index in [9.17, 15) is 4.79 Å². The number of carbonyl (C=O) groups is 1. The van der Waals surface area contributed by atoms with Gasteiger partial charge in [0.25, 0.3) is 5.91 Å². The summed E-state index contributed by atoms with van der Waals surface area (Å²) in [5.41, 5.74) is 8.60. The SMILES string of the molecule is Cc1cnc(CNC(=O)c2ccc3[nH]nc(N)c3c2)cn1. The van der Waals surface area contributed by atoms with Crippen LogP contribution in [0.15, 0.2) is 30.6 Å². The molecular weight excluding hydrogens is 268 g/mol. The van der Waals surface area contributed by atoms with E-state index in [2.05, 4.69) is 25.5 Å². The van der Waals surface area contributed by atoms with Crippen molar-refractivity contribution in [2.75, 3.05) is 5.73 Å². The van der Waals surface area contributed by atoms with Crippen molar-refractivity contribution >= 4 is 22.6 Å². The number of nitrogens with one attached hydrogen (secondary N) is 2. The maximum Gasteiger partial charge on any atom is 0.251 e. The molecule has 106 valence electrons. The van der Waals surface area contributed by atoms with Crippen LogP contribution in [-0.2, 0) is 6.54 Å². The molecule has 0 radical (unpaired) electrons. The van der Waals surface area contributed by atoms with Gasteiger partial charge in [-0.05, 0) is 25.1 Å². The second kappa shape index (κ2) is 5.20. The van der Waals surface area contributed by atoms with E-state index in [1.165, 1.54) is 0 Å². The number of hydrogen-bond acceptors (Lipinski definition) is 5. The van der Waals surface area contributed by atoms with Crippen LogP contribution >= 0.6 is 0 Å². The van der Waals surface area contributed by atoms with Crippen LogP contribution in [0.3, 0.4) is 0 Å². The molecule has 0 spiro atoms. The van der Waals surface area contributed by atoms with E-state index in [1.54, 1.807) is 30.6 Å². The first-order valence-corrected chi connectivity index (χ1v) is 6.43. The Morgan fingerprint density at radius 1 is 1.33 bits per heavy atom. The minimum absolute atomic E-state index is 0.195. The summed E-state index contributed by atoms with van der Waals surface area (Å²) in [4.78, 5) is 20.5. The number of anilines is 1. The molecule has 1 amide bonds. The van der Waals surface area contributed by atoms with Gasteiger partial charge in [0.05, 0.1) is 29.6 Å². The third-order valence-corrected chi connectivity index (χ3v) is 3.12. The van der Waals surface area contributed by atoms with Gasteiger partial charge >= 0.3 is 0 Å². The summed E-state index contributed by atoms with van der Waals surface area (Å²) in [7, 11) is 0. The van der Waals surface area contributed by atoms with Gasteiger partial charge in [0, 0.05) is 17.1 Å². The van der Waals surface area contributed by atoms with Gasteiger partial charge in [0.15, 0.2) is 5.82 Å². The molecule has 0 unspecified atom stereocenters. The van der Waals surface area contributed by atoms with Gasteiger partial charge in [-0.3, -0.25) is 19.9 Å². The van der Waals surface area contributed by atoms with Crippen molar-refractivity contribution in [3.63, 3.8) is 0 Å². The molecule has 1 aromatic carbocycles. The summed E-state index contributed by atoms with van der Waals surface area (Å²) in [6, 6.07) is 5.21. The van der Waals surface area contributed by atoms with E-state index >= 15 is 0 Å². The summed E-state index contributed by atoms with van der Waals surface area (Å²) in [6.07, 6.45) is 3.31. The van der Waals surface area contributed by atoms with Crippen molar-refractivity contribution in [2.45, 2.75) is 13.5 Å². The summed E-state index contributed by atoms with van der Waals surface area (Å²) >= 11 is 0. The zero-order valence-corrected chi connectivity index (χ0v) is 11.4. The number of aryl methyl sites for hydroxylation is 1. The number of H-pyrrole nitrogens is 1.